The average molecular weight is 832 g/mol. The summed E-state index contributed by atoms with van der Waals surface area (Å²) in [5.41, 5.74) is 33.0. The molecule has 0 aliphatic heterocycles. The maximum absolute atomic E-state index is 2.43. The molecule has 2 radical (unpaired) electrons. The summed E-state index contributed by atoms with van der Waals surface area (Å²) in [6.45, 7) is 26.8. The van der Waals surface area contributed by atoms with Gasteiger partial charge in [0.15, 0.2) is 0 Å². The van der Waals surface area contributed by atoms with Crippen LogP contribution in [0.4, 0.5) is 0 Å². The standard InChI is InChI=1S/2C24H25.2CH3.2Ga.2H2O/c2*1-15-10-17(3)23(18(4)11-15)21-8-7-9-22(14-21)24-19(5)12-16(2)13-20(24)6;;;;;;/h2*7-13H,1-6H3;2*1H3;;;2*1H2. The molecule has 0 aliphatic carbocycles. The van der Waals surface area contributed by atoms with Gasteiger partial charge in [-0.2, -0.15) is 0 Å². The Kier molecular flexibility index (Phi) is 15.7. The second-order valence-electron chi connectivity index (χ2n) is 15.2. The number of hydrogen-bond acceptors (Lipinski definition) is 0. The molecule has 6 rings (SSSR count). The van der Waals surface area contributed by atoms with E-state index in [9.17, 15) is 0 Å². The average Bonchev–Trinajstić information content (AvgIpc) is 3.03. The monoisotopic (exact) mass is 830 g/mol. The molecule has 0 unspecified atom stereocenters. The Morgan fingerprint density at radius 2 is 0.463 bits per heavy atom. The molecule has 54 heavy (non-hydrogen) atoms. The van der Waals surface area contributed by atoms with Gasteiger partial charge in [-0.3, -0.25) is 0 Å². The van der Waals surface area contributed by atoms with Gasteiger partial charge in [-0.1, -0.05) is 0 Å². The topological polar surface area (TPSA) is 63.0 Å². The molecule has 4 N–H and O–H groups in total. The predicted molar refractivity (Wildman–Crippen MR) is 241 cm³/mol. The molecular formula is C50H60Ga2O2. The normalized spacial score (nSPS) is 10.5. The van der Waals surface area contributed by atoms with Crippen molar-refractivity contribution in [1.82, 2.24) is 0 Å². The molecule has 0 saturated carbocycles. The van der Waals surface area contributed by atoms with E-state index >= 15 is 0 Å². The summed E-state index contributed by atoms with van der Waals surface area (Å²) in [5, 5.41) is 0. The van der Waals surface area contributed by atoms with Crippen molar-refractivity contribution in [2.75, 3.05) is 0 Å². The van der Waals surface area contributed by atoms with Crippen molar-refractivity contribution in [3.8, 4) is 44.5 Å². The minimum atomic E-state index is -0.509. The zero-order chi connectivity index (χ0) is 38.0. The van der Waals surface area contributed by atoms with E-state index in [0.29, 0.717) is 0 Å². The van der Waals surface area contributed by atoms with Crippen molar-refractivity contribution in [2.45, 2.75) is 94.0 Å². The van der Waals surface area contributed by atoms with E-state index in [2.05, 4.69) is 179 Å². The minimum absolute atomic E-state index is 0. The molecule has 2 nitrogen and oxygen atoms in total. The van der Waals surface area contributed by atoms with Gasteiger partial charge in [-0.05, 0) is 0 Å². The van der Waals surface area contributed by atoms with E-state index in [0.717, 1.165) is 0 Å². The van der Waals surface area contributed by atoms with Gasteiger partial charge < -0.3 is 11.0 Å². The van der Waals surface area contributed by atoms with Crippen LogP contribution in [0, 0.1) is 83.1 Å². The fraction of sp³-hybridized carbons (Fsp3) is 0.280. The number of hydrogen-bond donors (Lipinski definition) is 0. The van der Waals surface area contributed by atoms with Crippen LogP contribution in [0.3, 0.4) is 0 Å². The Morgan fingerprint density at radius 1 is 0.296 bits per heavy atom. The van der Waals surface area contributed by atoms with Crippen molar-refractivity contribution in [1.29, 1.82) is 0 Å². The molecule has 6 aromatic carbocycles. The molecule has 0 spiro atoms. The summed E-state index contributed by atoms with van der Waals surface area (Å²) >= 11 is -1.02. The molecule has 0 heterocycles. The van der Waals surface area contributed by atoms with Crippen LogP contribution in [0.2, 0.25) is 11.0 Å². The van der Waals surface area contributed by atoms with Gasteiger partial charge in [0.25, 0.3) is 0 Å². The van der Waals surface area contributed by atoms with Crippen LogP contribution in [0.15, 0.2) is 84.9 Å². The van der Waals surface area contributed by atoms with E-state index in [1.165, 1.54) is 111 Å². The molecule has 0 bridgehead atoms. The Bertz CT molecular complexity index is 1890. The Labute approximate surface area is 342 Å². The van der Waals surface area contributed by atoms with E-state index in [-0.39, 0.29) is 11.0 Å². The van der Waals surface area contributed by atoms with Crippen molar-refractivity contribution in [3.05, 3.63) is 152 Å². The van der Waals surface area contributed by atoms with Gasteiger partial charge >= 0.3 is 333 Å². The fourth-order valence-corrected chi connectivity index (χ4v) is 13.7. The molecule has 6 aromatic rings. The van der Waals surface area contributed by atoms with Crippen LogP contribution in [0.1, 0.15) is 66.8 Å². The first-order chi connectivity index (χ1) is 24.7. The van der Waals surface area contributed by atoms with Gasteiger partial charge in [0.1, 0.15) is 0 Å². The Morgan fingerprint density at radius 3 is 0.611 bits per heavy atom. The summed E-state index contributed by atoms with van der Waals surface area (Å²) in [7, 11) is 0. The van der Waals surface area contributed by atoms with Crippen molar-refractivity contribution in [3.63, 3.8) is 0 Å². The second-order valence-corrected chi connectivity index (χ2v) is 20.1. The third kappa shape index (κ3) is 9.30. The van der Waals surface area contributed by atoms with Gasteiger partial charge in [-0.25, -0.2) is 0 Å². The van der Waals surface area contributed by atoms with Crippen LogP contribution in [0.5, 0.6) is 0 Å². The molecule has 0 fully saturated rings. The van der Waals surface area contributed by atoms with Gasteiger partial charge in [-0.15, -0.1) is 0 Å². The number of benzene rings is 6. The first-order valence-corrected chi connectivity index (χ1v) is 26.1. The summed E-state index contributed by atoms with van der Waals surface area (Å²) in [6.07, 6.45) is 0. The van der Waals surface area contributed by atoms with Gasteiger partial charge in [0.2, 0.25) is 0 Å². The molecule has 0 aromatic heterocycles. The van der Waals surface area contributed by atoms with Crippen molar-refractivity contribution >= 4 is 43.1 Å². The summed E-state index contributed by atoms with van der Waals surface area (Å²) in [4.78, 5) is 0. The zero-order valence-corrected chi connectivity index (χ0v) is 40.1. The van der Waals surface area contributed by atoms with Gasteiger partial charge in [0, 0.05) is 0 Å². The molecular weight excluding hydrogens is 772 g/mol. The van der Waals surface area contributed by atoms with E-state index in [1.807, 2.05) is 0 Å². The molecule has 278 valence electrons. The summed E-state index contributed by atoms with van der Waals surface area (Å²) in [5.74, 6) is 0. The second kappa shape index (κ2) is 18.9. The van der Waals surface area contributed by atoms with Crippen LogP contribution in [-0.4, -0.2) is 45.8 Å². The predicted octanol–water partition coefficient (Wildman–Crippen LogP) is 10.8. The number of rotatable bonds is 6. The fourth-order valence-electron chi connectivity index (χ4n) is 9.04. The molecule has 0 atom stereocenters. The molecule has 0 aliphatic rings. The first-order valence-electron chi connectivity index (χ1n) is 18.8. The quantitative estimate of drug-likeness (QED) is 0.150. The van der Waals surface area contributed by atoms with Crippen LogP contribution in [0.25, 0.3) is 44.5 Å². The third-order valence-electron chi connectivity index (χ3n) is 10.6. The van der Waals surface area contributed by atoms with E-state index in [4.69, 9.17) is 0 Å². The Hall–Kier alpha value is -3.49. The van der Waals surface area contributed by atoms with Crippen molar-refractivity contribution in [2.24, 2.45) is 0 Å². The summed E-state index contributed by atoms with van der Waals surface area (Å²) < 4.78 is 3.22. The zero-order valence-electron chi connectivity index (χ0n) is 35.2. The number of aryl methyl sites for hydroxylation is 12. The first kappa shape index (κ1) is 44.9. The maximum atomic E-state index is 2.43. The van der Waals surface area contributed by atoms with E-state index < -0.39 is 34.8 Å². The van der Waals surface area contributed by atoms with Crippen LogP contribution >= 0.6 is 0 Å². The summed E-state index contributed by atoms with van der Waals surface area (Å²) in [6, 6.07) is 32.4. The van der Waals surface area contributed by atoms with Crippen LogP contribution in [-0.2, 0) is 0 Å². The SMILES string of the molecule is O.O.[CH3][Ga][c]1c(-c2c(C)cc(C)cc2C)cccc1-c1c(C)cc(C)cc1C.[CH3][Ga][c]1c(-c2c(C)cc(C)cc2C)cccc1-c1c(C)cc(C)cc1C. The molecule has 4 heteroatoms. The van der Waals surface area contributed by atoms with Gasteiger partial charge in [0.05, 0.1) is 0 Å². The molecule has 0 amide bonds. The molecule has 0 saturated heterocycles. The van der Waals surface area contributed by atoms with Crippen LogP contribution < -0.4 is 8.24 Å². The Balaban J connectivity index is 0.000000280. The van der Waals surface area contributed by atoms with Crippen molar-refractivity contribution < 1.29 is 11.0 Å². The van der Waals surface area contributed by atoms with E-state index in [1.54, 1.807) is 8.24 Å². The third-order valence-corrected chi connectivity index (χ3v) is 15.6.